The molecule has 0 aromatic heterocycles. The number of hydrogen-bond donors (Lipinski definition) is 0. The first kappa shape index (κ1) is 60.4. The first-order valence-corrected chi connectivity index (χ1v) is 28.0. The summed E-state index contributed by atoms with van der Waals surface area (Å²) >= 11 is 0. The second-order valence-electron chi connectivity index (χ2n) is 19.2. The molecule has 0 aliphatic heterocycles. The lowest BCUT2D eigenvalue weighted by Gasteiger charge is -2.18. The molecule has 0 fully saturated rings. The van der Waals surface area contributed by atoms with Crippen molar-refractivity contribution in [2.24, 2.45) is 0 Å². The second kappa shape index (κ2) is 52.0. The van der Waals surface area contributed by atoms with E-state index >= 15 is 0 Å². The van der Waals surface area contributed by atoms with Crippen molar-refractivity contribution in [1.82, 2.24) is 0 Å². The van der Waals surface area contributed by atoms with Crippen LogP contribution >= 0.6 is 0 Å². The molecule has 0 aliphatic carbocycles. The molecule has 0 radical (unpaired) electrons. The first-order valence-electron chi connectivity index (χ1n) is 28.0. The predicted molar refractivity (Wildman–Crippen MR) is 266 cm³/mol. The molecular formula is C56H108O6. The van der Waals surface area contributed by atoms with Crippen LogP contribution < -0.4 is 0 Å². The molecule has 0 N–H and O–H groups in total. The predicted octanol–water partition coefficient (Wildman–Crippen LogP) is 18.4. The molecule has 0 saturated carbocycles. The lowest BCUT2D eigenvalue weighted by Crippen LogP contribution is -2.30. The minimum atomic E-state index is -0.760. The fourth-order valence-corrected chi connectivity index (χ4v) is 8.62. The largest absolute Gasteiger partial charge is 0.462 e. The third-order valence-electron chi connectivity index (χ3n) is 12.9. The number of ether oxygens (including phenoxy) is 3. The zero-order chi connectivity index (χ0) is 45.1. The zero-order valence-corrected chi connectivity index (χ0v) is 42.2. The maximum atomic E-state index is 12.8. The van der Waals surface area contributed by atoms with Crippen LogP contribution in [-0.4, -0.2) is 37.2 Å². The molecule has 0 amide bonds. The van der Waals surface area contributed by atoms with Crippen molar-refractivity contribution in [3.8, 4) is 0 Å². The van der Waals surface area contributed by atoms with E-state index in [1.165, 1.54) is 225 Å². The summed E-state index contributed by atoms with van der Waals surface area (Å²) in [6.07, 6.45) is 56.5. The summed E-state index contributed by atoms with van der Waals surface area (Å²) in [6, 6.07) is 0. The molecule has 0 heterocycles. The number of hydrogen-bond acceptors (Lipinski definition) is 6. The molecule has 0 unspecified atom stereocenters. The van der Waals surface area contributed by atoms with Crippen LogP contribution in [0.1, 0.15) is 323 Å². The van der Waals surface area contributed by atoms with Crippen molar-refractivity contribution in [1.29, 1.82) is 0 Å². The molecule has 0 aromatic rings. The van der Waals surface area contributed by atoms with E-state index in [9.17, 15) is 14.4 Å². The van der Waals surface area contributed by atoms with E-state index in [2.05, 4.69) is 20.8 Å². The van der Waals surface area contributed by atoms with Crippen molar-refractivity contribution in [2.75, 3.05) is 13.2 Å². The summed E-state index contributed by atoms with van der Waals surface area (Å²) in [5.74, 6) is -0.834. The van der Waals surface area contributed by atoms with E-state index in [1.807, 2.05) is 0 Å². The molecule has 0 aliphatic rings. The number of carbonyl (C=O) groups is 3. The Balaban J connectivity index is 4.29. The van der Waals surface area contributed by atoms with Gasteiger partial charge in [-0.25, -0.2) is 0 Å². The van der Waals surface area contributed by atoms with Gasteiger partial charge in [0.2, 0.25) is 0 Å². The van der Waals surface area contributed by atoms with Gasteiger partial charge in [-0.2, -0.15) is 0 Å². The van der Waals surface area contributed by atoms with Crippen molar-refractivity contribution in [3.63, 3.8) is 0 Å². The van der Waals surface area contributed by atoms with E-state index in [1.54, 1.807) is 0 Å². The van der Waals surface area contributed by atoms with Crippen LogP contribution in [0.4, 0.5) is 0 Å². The van der Waals surface area contributed by atoms with Crippen LogP contribution in [-0.2, 0) is 28.6 Å². The van der Waals surface area contributed by atoms with Gasteiger partial charge >= 0.3 is 17.9 Å². The van der Waals surface area contributed by atoms with Gasteiger partial charge in [-0.05, 0) is 19.3 Å². The molecule has 0 bridgehead atoms. The van der Waals surface area contributed by atoms with Crippen LogP contribution in [0.25, 0.3) is 0 Å². The number of rotatable bonds is 52. The molecule has 0 saturated heterocycles. The van der Waals surface area contributed by atoms with Gasteiger partial charge in [0.05, 0.1) is 0 Å². The number of esters is 3. The molecule has 6 nitrogen and oxygen atoms in total. The average molecular weight is 877 g/mol. The van der Waals surface area contributed by atoms with Crippen LogP contribution in [0.15, 0.2) is 0 Å². The van der Waals surface area contributed by atoms with Gasteiger partial charge in [-0.1, -0.05) is 284 Å². The summed E-state index contributed by atoms with van der Waals surface area (Å²) < 4.78 is 16.9. The Labute approximate surface area is 387 Å². The number of carbonyl (C=O) groups excluding carboxylic acids is 3. The summed E-state index contributed by atoms with van der Waals surface area (Å²) in [4.78, 5) is 38.1. The standard InChI is InChI=1S/C56H108O6/c1-4-7-10-13-16-19-22-25-27-29-31-34-37-40-43-46-49-55(58)61-52-53(51-60-54(57)48-45-42-39-36-33-30-24-21-18-15-12-9-6-3)62-56(59)50-47-44-41-38-35-32-28-26-23-20-17-14-11-8-5-2/h53H,4-52H2,1-3H3/t53-/m1/s1. The summed E-state index contributed by atoms with van der Waals surface area (Å²) in [5.41, 5.74) is 0. The lowest BCUT2D eigenvalue weighted by atomic mass is 10.0. The van der Waals surface area contributed by atoms with Crippen molar-refractivity contribution >= 4 is 17.9 Å². The van der Waals surface area contributed by atoms with Gasteiger partial charge in [-0.15, -0.1) is 0 Å². The Morgan fingerprint density at radius 3 is 0.645 bits per heavy atom. The van der Waals surface area contributed by atoms with E-state index in [0.29, 0.717) is 19.3 Å². The van der Waals surface area contributed by atoms with E-state index < -0.39 is 6.10 Å². The minimum absolute atomic E-state index is 0.0612. The fraction of sp³-hybridized carbons (Fsp3) is 0.946. The zero-order valence-electron chi connectivity index (χ0n) is 42.2. The Morgan fingerprint density at radius 2 is 0.435 bits per heavy atom. The van der Waals surface area contributed by atoms with E-state index in [4.69, 9.17) is 14.2 Å². The Kier molecular flexibility index (Phi) is 50.7. The Bertz CT molecular complexity index is 920. The third kappa shape index (κ3) is 49.4. The maximum Gasteiger partial charge on any atom is 0.306 e. The SMILES string of the molecule is CCCCCCCCCCCCCCCCCCC(=O)OC[C@@H](COC(=O)CCCCCCCCCCCCCCC)OC(=O)CCCCCCCCCCCCCCCCC. The Morgan fingerprint density at radius 1 is 0.258 bits per heavy atom. The van der Waals surface area contributed by atoms with Crippen LogP contribution in [0.5, 0.6) is 0 Å². The highest BCUT2D eigenvalue weighted by molar-refractivity contribution is 5.71. The average Bonchev–Trinajstić information content (AvgIpc) is 3.27. The highest BCUT2D eigenvalue weighted by Gasteiger charge is 2.19. The molecule has 6 heteroatoms. The number of unbranched alkanes of at least 4 members (excludes halogenated alkanes) is 41. The second-order valence-corrected chi connectivity index (χ2v) is 19.2. The Hall–Kier alpha value is -1.59. The van der Waals surface area contributed by atoms with Crippen molar-refractivity contribution in [2.45, 2.75) is 329 Å². The highest BCUT2D eigenvalue weighted by Crippen LogP contribution is 2.17. The van der Waals surface area contributed by atoms with Crippen LogP contribution in [0.3, 0.4) is 0 Å². The van der Waals surface area contributed by atoms with Crippen molar-refractivity contribution < 1.29 is 28.6 Å². The highest BCUT2D eigenvalue weighted by atomic mass is 16.6. The van der Waals surface area contributed by atoms with Gasteiger partial charge in [-0.3, -0.25) is 14.4 Å². The first-order chi connectivity index (χ1) is 30.5. The van der Waals surface area contributed by atoms with Crippen LogP contribution in [0.2, 0.25) is 0 Å². The smallest absolute Gasteiger partial charge is 0.306 e. The fourth-order valence-electron chi connectivity index (χ4n) is 8.62. The molecule has 0 aromatic carbocycles. The van der Waals surface area contributed by atoms with Crippen molar-refractivity contribution in [3.05, 3.63) is 0 Å². The van der Waals surface area contributed by atoms with Gasteiger partial charge in [0.1, 0.15) is 13.2 Å². The normalized spacial score (nSPS) is 11.9. The van der Waals surface area contributed by atoms with Crippen LogP contribution in [0, 0.1) is 0 Å². The topological polar surface area (TPSA) is 78.9 Å². The molecule has 0 spiro atoms. The quantitative estimate of drug-likeness (QED) is 0.0344. The lowest BCUT2D eigenvalue weighted by molar-refractivity contribution is -0.167. The van der Waals surface area contributed by atoms with Gasteiger partial charge in [0.15, 0.2) is 6.10 Å². The molecule has 1 atom stereocenters. The molecule has 0 rings (SSSR count). The minimum Gasteiger partial charge on any atom is -0.462 e. The maximum absolute atomic E-state index is 12.8. The third-order valence-corrected chi connectivity index (χ3v) is 12.9. The van der Waals surface area contributed by atoms with E-state index in [-0.39, 0.29) is 31.1 Å². The summed E-state index contributed by atoms with van der Waals surface area (Å²) in [5, 5.41) is 0. The molecule has 62 heavy (non-hydrogen) atoms. The summed E-state index contributed by atoms with van der Waals surface area (Å²) in [7, 11) is 0. The van der Waals surface area contributed by atoms with Gasteiger partial charge < -0.3 is 14.2 Å². The van der Waals surface area contributed by atoms with Gasteiger partial charge in [0.25, 0.3) is 0 Å². The van der Waals surface area contributed by atoms with E-state index in [0.717, 1.165) is 57.8 Å². The molecular weight excluding hydrogens is 769 g/mol. The molecule has 368 valence electrons. The van der Waals surface area contributed by atoms with Gasteiger partial charge in [0, 0.05) is 19.3 Å². The monoisotopic (exact) mass is 877 g/mol. The summed E-state index contributed by atoms with van der Waals surface area (Å²) in [6.45, 7) is 6.70.